The second-order valence-corrected chi connectivity index (χ2v) is 5.31. The van der Waals surface area contributed by atoms with Crippen LogP contribution in [0.4, 0.5) is 0 Å². The Labute approximate surface area is 109 Å². The van der Waals surface area contributed by atoms with Gasteiger partial charge in [0.25, 0.3) is 0 Å². The number of ether oxygens (including phenoxy) is 1. The van der Waals surface area contributed by atoms with Gasteiger partial charge in [-0.2, -0.15) is 0 Å². The number of carbonyl (C=O) groups is 1. The zero-order chi connectivity index (χ0) is 12.8. The van der Waals surface area contributed by atoms with Crippen LogP contribution in [0.15, 0.2) is 0 Å². The Hall–Kier alpha value is -0.650. The van der Waals surface area contributed by atoms with Gasteiger partial charge in [-0.25, -0.2) is 0 Å². The van der Waals surface area contributed by atoms with Crippen molar-refractivity contribution >= 4 is 5.91 Å². The molecule has 2 heterocycles. The Balaban J connectivity index is 1.75. The van der Waals surface area contributed by atoms with Gasteiger partial charge >= 0.3 is 0 Å². The number of rotatable bonds is 4. The first-order chi connectivity index (χ1) is 8.79. The van der Waals surface area contributed by atoms with E-state index in [1.165, 1.54) is 12.8 Å². The van der Waals surface area contributed by atoms with Crippen LogP contribution in [0, 0.1) is 5.92 Å². The maximum atomic E-state index is 12.1. The van der Waals surface area contributed by atoms with Gasteiger partial charge in [0.15, 0.2) is 0 Å². The highest BCUT2D eigenvalue weighted by atomic mass is 16.5. The second kappa shape index (κ2) is 7.07. The van der Waals surface area contributed by atoms with Crippen LogP contribution in [0.5, 0.6) is 0 Å². The molecule has 5 heteroatoms. The summed E-state index contributed by atoms with van der Waals surface area (Å²) < 4.78 is 5.27. The van der Waals surface area contributed by atoms with E-state index in [9.17, 15) is 4.79 Å². The molecule has 2 N–H and O–H groups in total. The minimum Gasteiger partial charge on any atom is -0.378 e. The van der Waals surface area contributed by atoms with Crippen LogP contribution in [-0.2, 0) is 9.53 Å². The summed E-state index contributed by atoms with van der Waals surface area (Å²) >= 11 is 0. The zero-order valence-electron chi connectivity index (χ0n) is 11.1. The average molecular weight is 255 g/mol. The summed E-state index contributed by atoms with van der Waals surface area (Å²) in [6.45, 7) is 6.28. The molecule has 0 aliphatic carbocycles. The first-order valence-corrected chi connectivity index (χ1v) is 7.07. The van der Waals surface area contributed by atoms with E-state index in [1.807, 2.05) is 4.90 Å². The van der Waals surface area contributed by atoms with E-state index in [0.717, 1.165) is 39.1 Å². The number of piperidine rings is 1. The largest absolute Gasteiger partial charge is 0.378 e. The maximum absolute atomic E-state index is 12.1. The van der Waals surface area contributed by atoms with Crippen LogP contribution < -0.4 is 5.73 Å². The number of nitrogens with two attached hydrogens (primary N) is 1. The van der Waals surface area contributed by atoms with E-state index < -0.39 is 0 Å². The number of amides is 1. The SMILES string of the molecule is NCCC1CCCN(CC(=O)N2CCOCC2)C1. The Morgan fingerprint density at radius 2 is 2.06 bits per heavy atom. The predicted molar refractivity (Wildman–Crippen MR) is 70.2 cm³/mol. The molecular formula is C13H25N3O2. The zero-order valence-corrected chi connectivity index (χ0v) is 11.1. The molecule has 2 aliphatic rings. The van der Waals surface area contributed by atoms with Gasteiger partial charge in [-0.15, -0.1) is 0 Å². The molecule has 1 amide bonds. The second-order valence-electron chi connectivity index (χ2n) is 5.31. The lowest BCUT2D eigenvalue weighted by Crippen LogP contribution is -2.47. The minimum absolute atomic E-state index is 0.256. The molecule has 2 aliphatic heterocycles. The Morgan fingerprint density at radius 1 is 1.28 bits per heavy atom. The van der Waals surface area contributed by atoms with Crippen LogP contribution in [0.25, 0.3) is 0 Å². The number of morpholine rings is 1. The number of likely N-dealkylation sites (tertiary alicyclic amines) is 1. The normalized spacial score (nSPS) is 26.3. The lowest BCUT2D eigenvalue weighted by atomic mass is 9.95. The summed E-state index contributed by atoms with van der Waals surface area (Å²) in [5.41, 5.74) is 5.62. The summed E-state index contributed by atoms with van der Waals surface area (Å²) in [5, 5.41) is 0. The first-order valence-electron chi connectivity index (χ1n) is 7.07. The van der Waals surface area contributed by atoms with Crippen molar-refractivity contribution in [1.82, 2.24) is 9.80 Å². The van der Waals surface area contributed by atoms with Gasteiger partial charge in [0.1, 0.15) is 0 Å². The Morgan fingerprint density at radius 3 is 2.78 bits per heavy atom. The van der Waals surface area contributed by atoms with Gasteiger partial charge in [0, 0.05) is 19.6 Å². The van der Waals surface area contributed by atoms with E-state index in [0.29, 0.717) is 25.7 Å². The molecule has 2 saturated heterocycles. The van der Waals surface area contributed by atoms with E-state index in [1.54, 1.807) is 0 Å². The molecule has 0 aromatic rings. The Kier molecular flexibility index (Phi) is 5.41. The monoisotopic (exact) mass is 255 g/mol. The molecule has 104 valence electrons. The fraction of sp³-hybridized carbons (Fsp3) is 0.923. The highest BCUT2D eigenvalue weighted by Gasteiger charge is 2.24. The van der Waals surface area contributed by atoms with Crippen molar-refractivity contribution in [2.45, 2.75) is 19.3 Å². The van der Waals surface area contributed by atoms with Gasteiger partial charge in [-0.05, 0) is 38.3 Å². The van der Waals surface area contributed by atoms with Crippen LogP contribution in [0.2, 0.25) is 0 Å². The van der Waals surface area contributed by atoms with E-state index in [-0.39, 0.29) is 5.91 Å². The molecule has 0 saturated carbocycles. The van der Waals surface area contributed by atoms with E-state index in [2.05, 4.69) is 4.90 Å². The molecule has 2 rings (SSSR count). The summed E-state index contributed by atoms with van der Waals surface area (Å²) in [6.07, 6.45) is 3.54. The lowest BCUT2D eigenvalue weighted by Gasteiger charge is -2.34. The van der Waals surface area contributed by atoms with Gasteiger partial charge < -0.3 is 15.4 Å². The maximum Gasteiger partial charge on any atom is 0.236 e. The summed E-state index contributed by atoms with van der Waals surface area (Å²) in [6, 6.07) is 0. The van der Waals surface area contributed by atoms with Crippen molar-refractivity contribution in [1.29, 1.82) is 0 Å². The molecule has 5 nitrogen and oxygen atoms in total. The third-order valence-electron chi connectivity index (χ3n) is 3.90. The van der Waals surface area contributed by atoms with Crippen molar-refractivity contribution < 1.29 is 9.53 Å². The van der Waals surface area contributed by atoms with E-state index in [4.69, 9.17) is 10.5 Å². The smallest absolute Gasteiger partial charge is 0.236 e. The number of hydrogen-bond acceptors (Lipinski definition) is 4. The molecular weight excluding hydrogens is 230 g/mol. The third kappa shape index (κ3) is 3.93. The van der Waals surface area contributed by atoms with Crippen molar-refractivity contribution in [2.75, 3.05) is 52.5 Å². The van der Waals surface area contributed by atoms with Crippen molar-refractivity contribution in [3.63, 3.8) is 0 Å². The number of carbonyl (C=O) groups excluding carboxylic acids is 1. The van der Waals surface area contributed by atoms with Crippen molar-refractivity contribution in [3.8, 4) is 0 Å². The fourth-order valence-electron chi connectivity index (χ4n) is 2.87. The van der Waals surface area contributed by atoms with Gasteiger partial charge in [-0.1, -0.05) is 0 Å². The molecule has 2 fully saturated rings. The van der Waals surface area contributed by atoms with Crippen LogP contribution >= 0.6 is 0 Å². The topological polar surface area (TPSA) is 58.8 Å². The first kappa shape index (κ1) is 13.8. The highest BCUT2D eigenvalue weighted by molar-refractivity contribution is 5.78. The minimum atomic E-state index is 0.256. The third-order valence-corrected chi connectivity index (χ3v) is 3.90. The standard InChI is InChI=1S/C13H25N3O2/c14-4-3-12-2-1-5-15(10-12)11-13(17)16-6-8-18-9-7-16/h12H,1-11,14H2. The average Bonchev–Trinajstić information content (AvgIpc) is 2.40. The molecule has 0 aromatic carbocycles. The summed E-state index contributed by atoms with van der Waals surface area (Å²) in [7, 11) is 0. The van der Waals surface area contributed by atoms with Gasteiger partial charge in [0.2, 0.25) is 5.91 Å². The van der Waals surface area contributed by atoms with Crippen LogP contribution in [0.1, 0.15) is 19.3 Å². The summed E-state index contributed by atoms with van der Waals surface area (Å²) in [4.78, 5) is 16.4. The molecule has 1 atom stereocenters. The molecule has 18 heavy (non-hydrogen) atoms. The molecule has 0 aromatic heterocycles. The van der Waals surface area contributed by atoms with Crippen LogP contribution in [0.3, 0.4) is 0 Å². The Bertz CT molecular complexity index is 265. The summed E-state index contributed by atoms with van der Waals surface area (Å²) in [5.74, 6) is 0.938. The van der Waals surface area contributed by atoms with Crippen molar-refractivity contribution in [3.05, 3.63) is 0 Å². The molecule has 1 unspecified atom stereocenters. The number of hydrogen-bond donors (Lipinski definition) is 1. The molecule has 0 radical (unpaired) electrons. The van der Waals surface area contributed by atoms with Crippen molar-refractivity contribution in [2.24, 2.45) is 11.7 Å². The van der Waals surface area contributed by atoms with Crippen LogP contribution in [-0.4, -0.2) is 68.2 Å². The lowest BCUT2D eigenvalue weighted by molar-refractivity contribution is -0.136. The predicted octanol–water partition coefficient (Wildman–Crippen LogP) is -0.0940. The molecule has 0 bridgehead atoms. The van der Waals surface area contributed by atoms with Gasteiger partial charge in [0.05, 0.1) is 19.8 Å². The number of nitrogens with zero attached hydrogens (tertiary/aromatic N) is 2. The highest BCUT2D eigenvalue weighted by Crippen LogP contribution is 2.18. The fourth-order valence-corrected chi connectivity index (χ4v) is 2.87. The van der Waals surface area contributed by atoms with E-state index >= 15 is 0 Å². The van der Waals surface area contributed by atoms with Gasteiger partial charge in [-0.3, -0.25) is 9.69 Å². The quantitative estimate of drug-likeness (QED) is 0.762. The molecule has 0 spiro atoms.